The van der Waals surface area contributed by atoms with E-state index in [1.165, 1.54) is 6.08 Å². The first-order valence-corrected chi connectivity index (χ1v) is 9.97. The van der Waals surface area contributed by atoms with E-state index < -0.39 is 18.5 Å². The monoisotopic (exact) mass is 468 g/mol. The highest BCUT2D eigenvalue weighted by Gasteiger charge is 2.16. The average molecular weight is 469 g/mol. The lowest BCUT2D eigenvalue weighted by atomic mass is 10.1. The van der Waals surface area contributed by atoms with Crippen LogP contribution in [0, 0.1) is 0 Å². The van der Waals surface area contributed by atoms with Crippen molar-refractivity contribution in [1.29, 1.82) is 0 Å². The number of nitrogens with zero attached hydrogens (tertiary/aromatic N) is 1. The molecule has 0 radical (unpaired) electrons. The maximum atomic E-state index is 12.2. The molecule has 0 spiro atoms. The normalized spacial score (nSPS) is 12.7. The summed E-state index contributed by atoms with van der Waals surface area (Å²) < 4.78 is 16.7. The highest BCUT2D eigenvalue weighted by atomic mass is 79.9. The van der Waals surface area contributed by atoms with E-state index in [1.54, 1.807) is 24.4 Å². The van der Waals surface area contributed by atoms with Crippen molar-refractivity contribution in [2.45, 2.75) is 0 Å². The van der Waals surface area contributed by atoms with Crippen LogP contribution in [0.5, 0.6) is 11.5 Å². The topological polar surface area (TPSA) is 86.8 Å². The number of esters is 1. The van der Waals surface area contributed by atoms with Gasteiger partial charge in [-0.05, 0) is 28.1 Å². The number of carbonyl (C=O) groups excluding carboxylic acids is 2. The summed E-state index contributed by atoms with van der Waals surface area (Å²) in [6, 6.07) is 12.8. The number of hydrogen-bond acceptors (Lipinski definition) is 6. The molecule has 1 amide bonds. The van der Waals surface area contributed by atoms with Crippen LogP contribution in [0.15, 0.2) is 59.2 Å². The van der Waals surface area contributed by atoms with Gasteiger partial charge in [-0.3, -0.25) is 9.78 Å². The minimum absolute atomic E-state index is 0.419. The number of benzene rings is 2. The molecule has 0 atom stereocenters. The molecule has 1 aromatic heterocycles. The van der Waals surface area contributed by atoms with E-state index in [-0.39, 0.29) is 0 Å². The van der Waals surface area contributed by atoms with Crippen LogP contribution in [-0.2, 0) is 14.3 Å². The van der Waals surface area contributed by atoms with Crippen molar-refractivity contribution in [2.24, 2.45) is 0 Å². The van der Waals surface area contributed by atoms with E-state index in [1.807, 2.05) is 30.3 Å². The fourth-order valence-corrected chi connectivity index (χ4v) is 3.37. The van der Waals surface area contributed by atoms with Gasteiger partial charge in [0.2, 0.25) is 0 Å². The predicted octanol–water partition coefficient (Wildman–Crippen LogP) is 3.96. The summed E-state index contributed by atoms with van der Waals surface area (Å²) in [5.74, 6) is 0.0502. The summed E-state index contributed by atoms with van der Waals surface area (Å²) in [5, 5.41) is 3.65. The number of ether oxygens (including phenoxy) is 3. The van der Waals surface area contributed by atoms with Crippen LogP contribution in [0.3, 0.4) is 0 Å². The fraction of sp³-hybridized carbons (Fsp3) is 0.136. The SMILES string of the molecule is O=C(COC(=O)/C=C/c1cccc2cccnc12)Nc1cc2c(cc1Br)OCCO2. The molecule has 8 heteroatoms. The third-order valence-corrected chi connectivity index (χ3v) is 4.97. The number of nitrogens with one attached hydrogen (secondary N) is 1. The van der Waals surface area contributed by atoms with Gasteiger partial charge in [0, 0.05) is 39.8 Å². The maximum Gasteiger partial charge on any atom is 0.331 e. The lowest BCUT2D eigenvalue weighted by molar-refractivity contribution is -0.142. The molecule has 0 aliphatic carbocycles. The van der Waals surface area contributed by atoms with Crippen molar-refractivity contribution in [3.8, 4) is 11.5 Å². The van der Waals surface area contributed by atoms with Gasteiger partial charge in [-0.25, -0.2) is 4.79 Å². The first-order chi connectivity index (χ1) is 14.6. The minimum atomic E-state index is -0.626. The summed E-state index contributed by atoms with van der Waals surface area (Å²) in [4.78, 5) is 28.5. The second kappa shape index (κ2) is 8.96. The largest absolute Gasteiger partial charge is 0.486 e. The molecular weight excluding hydrogens is 452 g/mol. The number of halogens is 1. The van der Waals surface area contributed by atoms with Gasteiger partial charge in [0.15, 0.2) is 18.1 Å². The van der Waals surface area contributed by atoms with Gasteiger partial charge in [0.05, 0.1) is 11.2 Å². The second-order valence-electron chi connectivity index (χ2n) is 6.39. The number of pyridine rings is 1. The van der Waals surface area contributed by atoms with Crippen LogP contribution in [0.4, 0.5) is 5.69 Å². The molecule has 1 N–H and O–H groups in total. The van der Waals surface area contributed by atoms with Gasteiger partial charge >= 0.3 is 5.97 Å². The molecular formula is C22H17BrN2O5. The van der Waals surface area contributed by atoms with Crippen molar-refractivity contribution in [2.75, 3.05) is 25.1 Å². The standard InChI is InChI=1S/C22H17BrN2O5/c23-16-11-18-19(29-10-9-28-18)12-17(16)25-20(26)13-30-21(27)7-6-15-4-1-3-14-5-2-8-24-22(14)15/h1-8,11-12H,9-10,13H2,(H,25,26)/b7-6+. The van der Waals surface area contributed by atoms with Crippen molar-refractivity contribution in [3.05, 3.63) is 64.8 Å². The molecule has 1 aliphatic heterocycles. The zero-order valence-electron chi connectivity index (χ0n) is 15.8. The number of anilines is 1. The van der Waals surface area contributed by atoms with Gasteiger partial charge in [0.1, 0.15) is 13.2 Å². The third-order valence-electron chi connectivity index (χ3n) is 4.31. The van der Waals surface area contributed by atoms with Crippen molar-refractivity contribution >= 4 is 50.5 Å². The molecule has 0 saturated carbocycles. The number of fused-ring (bicyclic) bond motifs is 2. The first kappa shape index (κ1) is 19.9. The van der Waals surface area contributed by atoms with Crippen molar-refractivity contribution in [1.82, 2.24) is 4.98 Å². The lowest BCUT2D eigenvalue weighted by Crippen LogP contribution is -2.21. The first-order valence-electron chi connectivity index (χ1n) is 9.18. The molecule has 0 bridgehead atoms. The number of hydrogen-bond donors (Lipinski definition) is 1. The molecule has 0 fully saturated rings. The summed E-state index contributed by atoms with van der Waals surface area (Å²) in [6.07, 6.45) is 4.59. The number of carbonyl (C=O) groups is 2. The van der Waals surface area contributed by atoms with E-state index in [9.17, 15) is 9.59 Å². The van der Waals surface area contributed by atoms with Gasteiger partial charge < -0.3 is 19.5 Å². The zero-order chi connectivity index (χ0) is 20.9. The summed E-state index contributed by atoms with van der Waals surface area (Å²) in [6.45, 7) is 0.499. The Morgan fingerprint density at radius 1 is 1.13 bits per heavy atom. The maximum absolute atomic E-state index is 12.2. The summed E-state index contributed by atoms with van der Waals surface area (Å²) in [7, 11) is 0. The van der Waals surface area contributed by atoms with Crippen LogP contribution < -0.4 is 14.8 Å². The molecule has 7 nitrogen and oxygen atoms in total. The highest BCUT2D eigenvalue weighted by molar-refractivity contribution is 9.10. The second-order valence-corrected chi connectivity index (χ2v) is 7.24. The Morgan fingerprint density at radius 3 is 2.73 bits per heavy atom. The third kappa shape index (κ3) is 4.60. The Labute approximate surface area is 180 Å². The molecule has 30 heavy (non-hydrogen) atoms. The van der Waals surface area contributed by atoms with Crippen LogP contribution in [0.2, 0.25) is 0 Å². The number of aromatic nitrogens is 1. The molecule has 2 aromatic carbocycles. The molecule has 4 rings (SSSR count). The molecule has 3 aromatic rings. The smallest absolute Gasteiger partial charge is 0.331 e. The molecule has 0 saturated heterocycles. The van der Waals surface area contributed by atoms with Crippen molar-refractivity contribution < 1.29 is 23.8 Å². The van der Waals surface area contributed by atoms with Crippen LogP contribution in [0.1, 0.15) is 5.56 Å². The Bertz CT molecular complexity index is 1140. The molecule has 0 unspecified atom stereocenters. The van der Waals surface area contributed by atoms with Gasteiger partial charge in [-0.1, -0.05) is 24.3 Å². The quantitative estimate of drug-likeness (QED) is 0.450. The van der Waals surface area contributed by atoms with E-state index in [0.29, 0.717) is 34.9 Å². The number of rotatable bonds is 5. The summed E-state index contributed by atoms with van der Waals surface area (Å²) >= 11 is 3.38. The van der Waals surface area contributed by atoms with Gasteiger partial charge in [-0.15, -0.1) is 0 Å². The predicted molar refractivity (Wildman–Crippen MR) is 115 cm³/mol. The van der Waals surface area contributed by atoms with Crippen LogP contribution >= 0.6 is 15.9 Å². The van der Waals surface area contributed by atoms with Gasteiger partial charge in [0.25, 0.3) is 5.91 Å². The van der Waals surface area contributed by atoms with E-state index in [0.717, 1.165) is 16.5 Å². The lowest BCUT2D eigenvalue weighted by Gasteiger charge is -2.20. The number of amides is 1. The van der Waals surface area contributed by atoms with Crippen LogP contribution in [0.25, 0.3) is 17.0 Å². The van der Waals surface area contributed by atoms with E-state index >= 15 is 0 Å². The molecule has 152 valence electrons. The Balaban J connectivity index is 1.35. The van der Waals surface area contributed by atoms with E-state index in [2.05, 4.69) is 26.2 Å². The number of para-hydroxylation sites is 1. The van der Waals surface area contributed by atoms with Crippen molar-refractivity contribution in [3.63, 3.8) is 0 Å². The summed E-state index contributed by atoms with van der Waals surface area (Å²) in [5.41, 5.74) is 2.07. The fourth-order valence-electron chi connectivity index (χ4n) is 2.95. The Morgan fingerprint density at radius 2 is 1.90 bits per heavy atom. The average Bonchev–Trinajstić information content (AvgIpc) is 2.76. The molecule has 1 aliphatic rings. The van der Waals surface area contributed by atoms with Gasteiger partial charge in [-0.2, -0.15) is 0 Å². The molecule has 2 heterocycles. The highest BCUT2D eigenvalue weighted by Crippen LogP contribution is 2.38. The van der Waals surface area contributed by atoms with Crippen LogP contribution in [-0.4, -0.2) is 36.7 Å². The Hall–Kier alpha value is -3.39. The zero-order valence-corrected chi connectivity index (χ0v) is 17.3. The van der Waals surface area contributed by atoms with E-state index in [4.69, 9.17) is 14.2 Å². The Kier molecular flexibility index (Phi) is 5.94. The minimum Gasteiger partial charge on any atom is -0.486 e.